The monoisotopic (exact) mass is 466 g/mol. The van der Waals surface area contributed by atoms with Crippen molar-refractivity contribution in [3.05, 3.63) is 59.7 Å². The highest BCUT2D eigenvalue weighted by atomic mass is 16.6. The van der Waals surface area contributed by atoms with Crippen LogP contribution in [0.25, 0.3) is 21.5 Å². The third-order valence-electron chi connectivity index (χ3n) is 5.10. The Balaban J connectivity index is 1.90. The van der Waals surface area contributed by atoms with Crippen molar-refractivity contribution in [2.75, 3.05) is 13.2 Å². The number of hydrogen-bond acceptors (Lipinski definition) is 8. The second-order valence-corrected chi connectivity index (χ2v) is 7.33. The molecule has 178 valence electrons. The van der Waals surface area contributed by atoms with Crippen LogP contribution >= 0.6 is 0 Å². The predicted octanol–water partition coefficient (Wildman–Crippen LogP) is 3.99. The van der Waals surface area contributed by atoms with E-state index < -0.39 is 36.7 Å². The molecule has 0 radical (unpaired) electrons. The van der Waals surface area contributed by atoms with Gasteiger partial charge in [-0.1, -0.05) is 48.5 Å². The molecule has 3 aromatic rings. The summed E-state index contributed by atoms with van der Waals surface area (Å²) in [5.74, 6) is -2.63. The molecule has 0 saturated carbocycles. The van der Waals surface area contributed by atoms with E-state index in [1.54, 1.807) is 13.8 Å². The number of ether oxygens (including phenoxy) is 4. The summed E-state index contributed by atoms with van der Waals surface area (Å²) in [6, 6.07) is 15.0. The molecule has 8 heteroatoms. The maximum atomic E-state index is 12.1. The zero-order valence-electron chi connectivity index (χ0n) is 19.1. The molecule has 0 amide bonds. The number of carbonyl (C=O) groups is 4. The molecule has 0 aliphatic rings. The van der Waals surface area contributed by atoms with E-state index in [2.05, 4.69) is 0 Å². The standard InChI is InChI=1S/C26H26O8/c1-3-31-23(27)13-25(29)33-15-21-17-9-5-7-11-19(17)22(20-12-8-6-10-18(20)21)16-34-26(30)14-24(28)32-4-2/h5-12H,3-4,13-16H2,1-2H3. The molecule has 0 unspecified atom stereocenters. The van der Waals surface area contributed by atoms with Gasteiger partial charge in [-0.25, -0.2) is 0 Å². The highest BCUT2D eigenvalue weighted by Gasteiger charge is 2.18. The van der Waals surface area contributed by atoms with Gasteiger partial charge in [0.15, 0.2) is 0 Å². The Labute approximate surface area is 196 Å². The van der Waals surface area contributed by atoms with Crippen molar-refractivity contribution in [3.8, 4) is 0 Å². The number of fused-ring (bicyclic) bond motifs is 2. The van der Waals surface area contributed by atoms with Gasteiger partial charge in [-0.15, -0.1) is 0 Å². The molecule has 0 fully saturated rings. The largest absolute Gasteiger partial charge is 0.466 e. The number of esters is 4. The lowest BCUT2D eigenvalue weighted by molar-refractivity contribution is -0.156. The van der Waals surface area contributed by atoms with Crippen molar-refractivity contribution >= 4 is 45.4 Å². The fourth-order valence-corrected chi connectivity index (χ4v) is 3.69. The van der Waals surface area contributed by atoms with Gasteiger partial charge in [0, 0.05) is 11.1 Å². The summed E-state index contributed by atoms with van der Waals surface area (Å²) in [6.07, 6.45) is -0.920. The van der Waals surface area contributed by atoms with E-state index in [9.17, 15) is 19.2 Å². The lowest BCUT2D eigenvalue weighted by atomic mass is 9.92. The Hall–Kier alpha value is -3.94. The summed E-state index contributed by atoms with van der Waals surface area (Å²) in [7, 11) is 0. The Morgan fingerprint density at radius 1 is 0.529 bits per heavy atom. The number of carbonyl (C=O) groups excluding carboxylic acids is 4. The van der Waals surface area contributed by atoms with Gasteiger partial charge in [0.1, 0.15) is 26.1 Å². The molecule has 0 heterocycles. The van der Waals surface area contributed by atoms with Gasteiger partial charge >= 0.3 is 23.9 Å². The molecule has 8 nitrogen and oxygen atoms in total. The molecule has 3 aromatic carbocycles. The molecular weight excluding hydrogens is 440 g/mol. The van der Waals surface area contributed by atoms with Gasteiger partial charge in [-0.05, 0) is 35.4 Å². The summed E-state index contributed by atoms with van der Waals surface area (Å²) in [5.41, 5.74) is 1.54. The van der Waals surface area contributed by atoms with Crippen LogP contribution < -0.4 is 0 Å². The number of benzene rings is 3. The van der Waals surface area contributed by atoms with E-state index in [1.165, 1.54) is 0 Å². The van der Waals surface area contributed by atoms with Crippen molar-refractivity contribution in [3.63, 3.8) is 0 Å². The van der Waals surface area contributed by atoms with E-state index in [-0.39, 0.29) is 26.4 Å². The lowest BCUT2D eigenvalue weighted by Gasteiger charge is -2.17. The van der Waals surface area contributed by atoms with Crippen molar-refractivity contribution in [2.45, 2.75) is 39.9 Å². The van der Waals surface area contributed by atoms with Gasteiger partial charge in [0.05, 0.1) is 13.2 Å². The quantitative estimate of drug-likeness (QED) is 0.191. The summed E-state index contributed by atoms with van der Waals surface area (Å²) in [5, 5.41) is 3.28. The van der Waals surface area contributed by atoms with E-state index in [4.69, 9.17) is 18.9 Å². The van der Waals surface area contributed by atoms with Crippen molar-refractivity contribution in [1.82, 2.24) is 0 Å². The fourth-order valence-electron chi connectivity index (χ4n) is 3.69. The van der Waals surface area contributed by atoms with Crippen LogP contribution in [0.3, 0.4) is 0 Å². The summed E-state index contributed by atoms with van der Waals surface area (Å²) in [4.78, 5) is 47.4. The van der Waals surface area contributed by atoms with Crippen LogP contribution in [0.5, 0.6) is 0 Å². The minimum atomic E-state index is -0.677. The van der Waals surface area contributed by atoms with Gasteiger partial charge < -0.3 is 18.9 Å². The molecule has 0 aliphatic carbocycles. The molecule has 34 heavy (non-hydrogen) atoms. The predicted molar refractivity (Wildman–Crippen MR) is 124 cm³/mol. The first-order valence-electron chi connectivity index (χ1n) is 11.0. The van der Waals surface area contributed by atoms with E-state index >= 15 is 0 Å². The highest BCUT2D eigenvalue weighted by molar-refractivity contribution is 6.06. The first-order valence-corrected chi connectivity index (χ1v) is 11.0. The fraction of sp³-hybridized carbons (Fsp3) is 0.308. The van der Waals surface area contributed by atoms with Gasteiger partial charge in [0.2, 0.25) is 0 Å². The zero-order chi connectivity index (χ0) is 24.5. The SMILES string of the molecule is CCOC(=O)CC(=O)OCc1c2ccccc2c(COC(=O)CC(=O)OCC)c2ccccc12. The molecule has 0 atom stereocenters. The van der Waals surface area contributed by atoms with Crippen LogP contribution in [0.2, 0.25) is 0 Å². The average molecular weight is 466 g/mol. The summed E-state index contributed by atoms with van der Waals surface area (Å²) < 4.78 is 20.4. The van der Waals surface area contributed by atoms with Crippen LogP contribution in [0, 0.1) is 0 Å². The Kier molecular flexibility index (Phi) is 8.56. The highest BCUT2D eigenvalue weighted by Crippen LogP contribution is 2.34. The molecule has 0 bridgehead atoms. The maximum absolute atomic E-state index is 12.1. The Bertz CT molecular complexity index is 1060. The minimum Gasteiger partial charge on any atom is -0.466 e. The maximum Gasteiger partial charge on any atom is 0.317 e. The van der Waals surface area contributed by atoms with Gasteiger partial charge in [0.25, 0.3) is 0 Å². The van der Waals surface area contributed by atoms with Crippen molar-refractivity contribution in [2.24, 2.45) is 0 Å². The third kappa shape index (κ3) is 6.10. The van der Waals surface area contributed by atoms with E-state index in [1.807, 2.05) is 48.5 Å². The summed E-state index contributed by atoms with van der Waals surface area (Å²) >= 11 is 0. The molecular formula is C26H26O8. The van der Waals surface area contributed by atoms with E-state index in [0.717, 1.165) is 32.7 Å². The van der Waals surface area contributed by atoms with Gasteiger partial charge in [-0.2, -0.15) is 0 Å². The molecule has 0 aromatic heterocycles. The second kappa shape index (κ2) is 11.8. The third-order valence-corrected chi connectivity index (χ3v) is 5.10. The number of hydrogen-bond donors (Lipinski definition) is 0. The first-order chi connectivity index (χ1) is 16.4. The topological polar surface area (TPSA) is 105 Å². The lowest BCUT2D eigenvalue weighted by Crippen LogP contribution is -2.14. The molecule has 3 rings (SSSR count). The average Bonchev–Trinajstić information content (AvgIpc) is 2.81. The molecule has 0 aliphatic heterocycles. The van der Waals surface area contributed by atoms with Crippen LogP contribution in [0.4, 0.5) is 0 Å². The number of rotatable bonds is 10. The summed E-state index contributed by atoms with van der Waals surface area (Å²) in [6.45, 7) is 3.62. The van der Waals surface area contributed by atoms with Crippen LogP contribution in [0.15, 0.2) is 48.5 Å². The van der Waals surface area contributed by atoms with Gasteiger partial charge in [-0.3, -0.25) is 19.2 Å². The Morgan fingerprint density at radius 3 is 1.12 bits per heavy atom. The molecule has 0 saturated heterocycles. The van der Waals surface area contributed by atoms with Crippen LogP contribution in [-0.2, 0) is 51.3 Å². The first kappa shape index (κ1) is 24.7. The normalized spacial score (nSPS) is 10.6. The molecule has 0 spiro atoms. The van der Waals surface area contributed by atoms with E-state index in [0.29, 0.717) is 0 Å². The second-order valence-electron chi connectivity index (χ2n) is 7.33. The smallest absolute Gasteiger partial charge is 0.317 e. The van der Waals surface area contributed by atoms with Crippen LogP contribution in [0.1, 0.15) is 37.8 Å². The van der Waals surface area contributed by atoms with Crippen LogP contribution in [-0.4, -0.2) is 37.1 Å². The zero-order valence-corrected chi connectivity index (χ0v) is 19.1. The minimum absolute atomic E-state index is 0.0395. The molecule has 0 N–H and O–H groups in total. The van der Waals surface area contributed by atoms with Crippen molar-refractivity contribution in [1.29, 1.82) is 0 Å². The Morgan fingerprint density at radius 2 is 0.824 bits per heavy atom. The van der Waals surface area contributed by atoms with Crippen molar-refractivity contribution < 1.29 is 38.1 Å².